The molecule has 0 atom stereocenters. The van der Waals surface area contributed by atoms with E-state index in [1.807, 2.05) is 121 Å². The van der Waals surface area contributed by atoms with Crippen LogP contribution in [0.5, 0.6) is 0 Å². The number of benzene rings is 15. The third kappa shape index (κ3) is 9.61. The highest BCUT2D eigenvalue weighted by atomic mass is 15.3. The summed E-state index contributed by atoms with van der Waals surface area (Å²) in [7, 11) is 4.63. The first-order chi connectivity index (χ1) is 51.4. The van der Waals surface area contributed by atoms with Gasteiger partial charge in [0.05, 0.1) is 52.8 Å². The normalized spacial score (nSPS) is 12.4. The molecule has 0 bridgehead atoms. The highest BCUT2D eigenvalue weighted by Gasteiger charge is 2.41. The Hall–Kier alpha value is -13.8. The fourth-order valence-corrected chi connectivity index (χ4v) is 16.2. The maximum atomic E-state index is 4.99. The van der Waals surface area contributed by atoms with Crippen molar-refractivity contribution in [2.75, 3.05) is 14.1 Å². The van der Waals surface area contributed by atoms with E-state index in [-0.39, 0.29) is 0 Å². The van der Waals surface area contributed by atoms with Crippen molar-refractivity contribution in [2.45, 2.75) is 0 Å². The Morgan fingerprint density at radius 2 is 0.481 bits per heavy atom. The Bertz CT molecular complexity index is 6650. The minimum Gasteiger partial charge on any atom is -0.309 e. The van der Waals surface area contributed by atoms with Crippen molar-refractivity contribution < 1.29 is 0 Å². The van der Waals surface area contributed by atoms with Crippen molar-refractivity contribution >= 4 is 98.3 Å². The molecule has 0 saturated heterocycles. The summed E-state index contributed by atoms with van der Waals surface area (Å²) in [6.45, 7) is 0. The number of fused-ring (bicyclic) bond motifs is 20. The van der Waals surface area contributed by atoms with Crippen LogP contribution >= 0.6 is 0 Å². The average Bonchev–Trinajstić information content (AvgIpc) is 1.57. The van der Waals surface area contributed by atoms with Gasteiger partial charge in [-0.25, -0.2) is 29.9 Å². The van der Waals surface area contributed by atoms with Gasteiger partial charge in [0.2, 0.25) is 0 Å². The molecule has 0 amide bonds. The first kappa shape index (κ1) is 60.2. The van der Waals surface area contributed by atoms with Crippen LogP contribution in [-0.4, -0.2) is 57.7 Å². The van der Waals surface area contributed by atoms with Gasteiger partial charge in [-0.15, -0.1) is 0 Å². The van der Waals surface area contributed by atoms with E-state index in [4.69, 9.17) is 29.9 Å². The van der Waals surface area contributed by atoms with E-state index in [0.717, 1.165) is 56.0 Å². The highest BCUT2D eigenvalue weighted by Crippen LogP contribution is 2.59. The summed E-state index contributed by atoms with van der Waals surface area (Å²) >= 11 is 0. The summed E-state index contributed by atoms with van der Waals surface area (Å²) < 4.78 is 8.02. The van der Waals surface area contributed by atoms with Crippen molar-refractivity contribution in [3.63, 3.8) is 0 Å². The Morgan fingerprint density at radius 3 is 0.856 bits per heavy atom. The first-order valence-corrected chi connectivity index (χ1v) is 35.2. The number of hydrogen-bond donors (Lipinski definition) is 0. The molecule has 10 nitrogen and oxygen atoms in total. The zero-order valence-corrected chi connectivity index (χ0v) is 56.9. The Balaban J connectivity index is 0.000000139. The van der Waals surface area contributed by atoms with E-state index in [1.54, 1.807) is 0 Å². The van der Waals surface area contributed by atoms with E-state index >= 15 is 0 Å². The van der Waals surface area contributed by atoms with Crippen LogP contribution in [0.1, 0.15) is 0 Å². The topological polar surface area (TPSA) is 92.1 Å². The molecule has 0 fully saturated rings. The minimum absolute atomic E-state index is 0.636. The average molecular weight is 1330 g/mol. The van der Waals surface area contributed by atoms with E-state index < -0.39 is 0 Å². The van der Waals surface area contributed by atoms with Crippen molar-refractivity contribution in [3.05, 3.63) is 346 Å². The summed E-state index contributed by atoms with van der Waals surface area (Å²) in [5, 5.41) is 12.5. The minimum atomic E-state index is 0.636. The van der Waals surface area contributed by atoms with Gasteiger partial charge in [0.25, 0.3) is 0 Å². The maximum absolute atomic E-state index is 4.99. The smallest absolute Gasteiger partial charge is 0.164 e. The first-order valence-electron chi connectivity index (χ1n) is 35.2. The van der Waals surface area contributed by atoms with Crippen LogP contribution in [-0.2, 0) is 0 Å². The van der Waals surface area contributed by atoms with Gasteiger partial charge in [0.15, 0.2) is 40.6 Å². The van der Waals surface area contributed by atoms with E-state index in [9.17, 15) is 0 Å². The predicted molar refractivity (Wildman–Crippen MR) is 429 cm³/mol. The maximum Gasteiger partial charge on any atom is 0.164 e. The quantitative estimate of drug-likeness (QED) is 0.134. The fraction of sp³-hybridized carbons (Fsp3) is 0.0213. The van der Waals surface area contributed by atoms with Crippen molar-refractivity contribution in [2.24, 2.45) is 0 Å². The van der Waals surface area contributed by atoms with Gasteiger partial charge in [-0.2, -0.15) is 0 Å². The summed E-state index contributed by atoms with van der Waals surface area (Å²) in [6.07, 6.45) is 0. The molecule has 1 aliphatic rings. The largest absolute Gasteiger partial charge is 0.309 e. The van der Waals surface area contributed by atoms with Gasteiger partial charge in [0, 0.05) is 116 Å². The second kappa shape index (κ2) is 24.2. The van der Waals surface area contributed by atoms with Crippen LogP contribution < -0.4 is 4.48 Å². The lowest BCUT2D eigenvalue weighted by Crippen LogP contribution is -2.32. The fourth-order valence-electron chi connectivity index (χ4n) is 16.2. The van der Waals surface area contributed by atoms with Gasteiger partial charge in [-0.05, 0) is 91.0 Å². The van der Waals surface area contributed by atoms with Crippen molar-refractivity contribution in [3.8, 4) is 96.5 Å². The second-order valence-electron chi connectivity index (χ2n) is 27.0. The SMILES string of the molecule is C[N+]1(C)c2ccccc2-c2c1c1ccccc1c1c2c2ccccc2n1-c1ccc(-c2nc(-c3ccccc3)nc(-c3ccccc3)n2)cc1.c1ccc(-c2nc(-c3ccccc3)nc(-c3ccc(-n4c5ccccc5c5c6c7ccccc7n(-c7ccccc7)c6c6ccccc6c54)cc3)n2)cc1. The number of nitrogens with zero attached hydrogens (tertiary/aromatic N) is 10. The number of quaternary nitrogens is 1. The highest BCUT2D eigenvalue weighted by molar-refractivity contribution is 6.37. The molecular weight excluding hydrogens is 1270 g/mol. The third-order valence-electron chi connectivity index (χ3n) is 20.8. The number of aromatic nitrogens is 9. The van der Waals surface area contributed by atoms with Crippen LogP contribution in [0.3, 0.4) is 0 Å². The van der Waals surface area contributed by atoms with Gasteiger partial charge in [0.1, 0.15) is 5.69 Å². The molecule has 1 aliphatic heterocycles. The molecule has 104 heavy (non-hydrogen) atoms. The zero-order chi connectivity index (χ0) is 69.0. The Kier molecular flexibility index (Phi) is 14.0. The second-order valence-corrected chi connectivity index (χ2v) is 27.0. The summed E-state index contributed by atoms with van der Waals surface area (Å²) in [5.74, 6) is 3.89. The molecule has 5 aromatic heterocycles. The molecule has 0 N–H and O–H groups in total. The lowest BCUT2D eigenvalue weighted by Gasteiger charge is -2.26. The molecular formula is C94H63N10+. The molecule has 0 radical (unpaired) electrons. The molecule has 488 valence electrons. The van der Waals surface area contributed by atoms with E-state index in [2.05, 4.69) is 252 Å². The van der Waals surface area contributed by atoms with Crippen molar-refractivity contribution in [1.82, 2.24) is 48.1 Å². The summed E-state index contributed by atoms with van der Waals surface area (Å²) in [5.41, 5.74) is 21.5. The molecule has 6 heterocycles. The lowest BCUT2D eigenvalue weighted by atomic mass is 9.94. The van der Waals surface area contributed by atoms with E-state index in [1.165, 1.54) is 104 Å². The van der Waals surface area contributed by atoms with Gasteiger partial charge in [-0.1, -0.05) is 249 Å². The van der Waals surface area contributed by atoms with Crippen LogP contribution in [0, 0.1) is 0 Å². The predicted octanol–water partition coefficient (Wildman–Crippen LogP) is 23.2. The van der Waals surface area contributed by atoms with E-state index in [0.29, 0.717) is 39.4 Å². The van der Waals surface area contributed by atoms with Gasteiger partial charge >= 0.3 is 0 Å². The van der Waals surface area contributed by atoms with Crippen molar-refractivity contribution in [1.29, 1.82) is 0 Å². The number of rotatable bonds is 9. The zero-order valence-electron chi connectivity index (χ0n) is 56.9. The molecule has 21 rings (SSSR count). The third-order valence-corrected chi connectivity index (χ3v) is 20.8. The molecule has 10 heteroatoms. The van der Waals surface area contributed by atoms with Crippen LogP contribution in [0.15, 0.2) is 346 Å². The monoisotopic (exact) mass is 1330 g/mol. The molecule has 0 spiro atoms. The molecule has 0 aliphatic carbocycles. The molecule has 0 saturated carbocycles. The molecule has 15 aromatic carbocycles. The lowest BCUT2D eigenvalue weighted by molar-refractivity contribution is 0.572. The van der Waals surface area contributed by atoms with Crippen LogP contribution in [0.25, 0.3) is 183 Å². The van der Waals surface area contributed by atoms with Crippen LogP contribution in [0.4, 0.5) is 11.4 Å². The van der Waals surface area contributed by atoms with Gasteiger partial charge in [-0.3, -0.25) is 4.48 Å². The number of para-hydroxylation sites is 5. The molecule has 0 unspecified atom stereocenters. The number of hydrogen-bond acceptors (Lipinski definition) is 6. The Morgan fingerprint density at radius 1 is 0.221 bits per heavy atom. The molecule has 20 aromatic rings. The standard InChI is InChI=1S/C49H31N5.C45H32N5/c1-4-16-32(17-5-1)47-50-48(33-18-6-2-7-19-33)52-49(51-47)34-28-30-36(31-29-34)54-42-27-15-13-25-40(42)44-43-39-24-12-14-26-41(39)53(35-20-8-3-9-21-35)45(43)37-22-10-11-23-38(37)46(44)54;1-50(2)38-24-14-12-22-36(38)40-39-35-21-11-13-23-37(35)49(41(39)33-19-9-10-20-34(33)42(40)50)32-27-25-31(26-28-32)45-47-43(29-15-5-3-6-16-29)46-44(48-45)30-17-7-4-8-18-30/h1-31H;3-28H,1-2H3/q;+1. The van der Waals surface area contributed by atoms with Gasteiger partial charge < -0.3 is 13.7 Å². The summed E-state index contributed by atoms with van der Waals surface area (Å²) in [6, 6.07) is 122. The van der Waals surface area contributed by atoms with Crippen LogP contribution in [0.2, 0.25) is 0 Å². The summed E-state index contributed by atoms with van der Waals surface area (Å²) in [4.78, 5) is 29.7. The Labute approximate surface area is 599 Å².